The van der Waals surface area contributed by atoms with Crippen molar-refractivity contribution in [2.45, 2.75) is 90.5 Å². The molecule has 1 atom stereocenters. The third-order valence-electron chi connectivity index (χ3n) is 3.67. The predicted octanol–water partition coefficient (Wildman–Crippen LogP) is 4.88. The summed E-state index contributed by atoms with van der Waals surface area (Å²) < 4.78 is 0. The molecular formula is C16H36N2S. The van der Waals surface area contributed by atoms with Gasteiger partial charge in [-0.05, 0) is 12.2 Å². The molecule has 0 aromatic carbocycles. The lowest BCUT2D eigenvalue weighted by molar-refractivity contribution is 0.490. The summed E-state index contributed by atoms with van der Waals surface area (Å²) in [6, 6.07) is 0.513. The molecule has 3 N–H and O–H groups in total. The highest BCUT2D eigenvalue weighted by Gasteiger charge is 2.05. The second-order valence-corrected chi connectivity index (χ2v) is 6.81. The fourth-order valence-corrected chi connectivity index (χ4v) is 3.14. The van der Waals surface area contributed by atoms with Gasteiger partial charge in [-0.15, -0.1) is 0 Å². The Hall–Kier alpha value is 0.270. The Morgan fingerprint density at radius 2 is 1.37 bits per heavy atom. The fraction of sp³-hybridized carbons (Fsp3) is 1.00. The first-order chi connectivity index (χ1) is 9.35. The van der Waals surface area contributed by atoms with Gasteiger partial charge in [-0.3, -0.25) is 11.3 Å². The number of thioether (sulfide) groups is 1. The zero-order chi connectivity index (χ0) is 14.2. The molecule has 0 fully saturated rings. The summed E-state index contributed by atoms with van der Waals surface area (Å²) in [6.45, 7) is 4.49. The predicted molar refractivity (Wildman–Crippen MR) is 90.6 cm³/mol. The molecule has 0 saturated heterocycles. The Morgan fingerprint density at radius 3 is 1.84 bits per heavy atom. The molecule has 0 radical (unpaired) electrons. The van der Waals surface area contributed by atoms with Crippen molar-refractivity contribution in [2.24, 2.45) is 5.84 Å². The quantitative estimate of drug-likeness (QED) is 0.256. The SMILES string of the molecule is CCCCCCCCCCCCC(CSCC)NN. The molecule has 0 heterocycles. The largest absolute Gasteiger partial charge is 0.271 e. The molecule has 0 bridgehead atoms. The van der Waals surface area contributed by atoms with Crippen molar-refractivity contribution in [1.29, 1.82) is 0 Å². The molecule has 0 aromatic rings. The van der Waals surface area contributed by atoms with Crippen LogP contribution in [0, 0.1) is 0 Å². The fourth-order valence-electron chi connectivity index (χ4n) is 2.35. The molecule has 0 aliphatic rings. The van der Waals surface area contributed by atoms with Crippen molar-refractivity contribution in [3.8, 4) is 0 Å². The maximum atomic E-state index is 5.57. The summed E-state index contributed by atoms with van der Waals surface area (Å²) in [6.07, 6.45) is 15.3. The van der Waals surface area contributed by atoms with Crippen LogP contribution >= 0.6 is 11.8 Å². The lowest BCUT2D eigenvalue weighted by Crippen LogP contribution is -2.37. The van der Waals surface area contributed by atoms with Crippen molar-refractivity contribution >= 4 is 11.8 Å². The van der Waals surface area contributed by atoms with Crippen molar-refractivity contribution in [2.75, 3.05) is 11.5 Å². The van der Waals surface area contributed by atoms with Crippen LogP contribution in [0.25, 0.3) is 0 Å². The lowest BCUT2D eigenvalue weighted by atomic mass is 10.0. The van der Waals surface area contributed by atoms with Gasteiger partial charge in [0.2, 0.25) is 0 Å². The minimum Gasteiger partial charge on any atom is -0.271 e. The number of rotatable bonds is 15. The maximum Gasteiger partial charge on any atom is 0.0301 e. The molecule has 116 valence electrons. The van der Waals surface area contributed by atoms with Crippen LogP contribution in [0.1, 0.15) is 84.5 Å². The van der Waals surface area contributed by atoms with Gasteiger partial charge in [-0.2, -0.15) is 11.8 Å². The third kappa shape index (κ3) is 14.5. The number of nitrogens with two attached hydrogens (primary N) is 1. The zero-order valence-electron chi connectivity index (χ0n) is 13.3. The van der Waals surface area contributed by atoms with Crippen molar-refractivity contribution in [3.63, 3.8) is 0 Å². The summed E-state index contributed by atoms with van der Waals surface area (Å²) in [5.74, 6) is 7.92. The average Bonchev–Trinajstić information content (AvgIpc) is 2.44. The van der Waals surface area contributed by atoms with Gasteiger partial charge in [0.1, 0.15) is 0 Å². The molecule has 0 rings (SSSR count). The molecule has 0 aliphatic carbocycles. The van der Waals surface area contributed by atoms with E-state index in [1.807, 2.05) is 11.8 Å². The van der Waals surface area contributed by atoms with Crippen molar-refractivity contribution in [3.05, 3.63) is 0 Å². The van der Waals surface area contributed by atoms with E-state index in [4.69, 9.17) is 5.84 Å². The first-order valence-corrected chi connectivity index (χ1v) is 9.54. The van der Waals surface area contributed by atoms with Crippen molar-refractivity contribution in [1.82, 2.24) is 5.43 Å². The van der Waals surface area contributed by atoms with Gasteiger partial charge < -0.3 is 0 Å². The van der Waals surface area contributed by atoms with E-state index < -0.39 is 0 Å². The van der Waals surface area contributed by atoms with Gasteiger partial charge >= 0.3 is 0 Å². The number of hydrogen-bond donors (Lipinski definition) is 2. The standard InChI is InChI=1S/C16H36N2S/c1-3-5-6-7-8-9-10-11-12-13-14-16(18-17)15-19-4-2/h16,18H,3-15,17H2,1-2H3. The minimum absolute atomic E-state index is 0.513. The molecule has 3 heteroatoms. The van der Waals surface area contributed by atoms with Crippen LogP contribution in [0.5, 0.6) is 0 Å². The normalized spacial score (nSPS) is 12.8. The van der Waals surface area contributed by atoms with Gasteiger partial charge in [0, 0.05) is 11.8 Å². The highest BCUT2D eigenvalue weighted by molar-refractivity contribution is 7.99. The van der Waals surface area contributed by atoms with E-state index >= 15 is 0 Å². The highest BCUT2D eigenvalue weighted by atomic mass is 32.2. The van der Waals surface area contributed by atoms with Crippen LogP contribution in [0.15, 0.2) is 0 Å². The van der Waals surface area contributed by atoms with Crippen LogP contribution in [0.2, 0.25) is 0 Å². The second kappa shape index (κ2) is 16.3. The smallest absolute Gasteiger partial charge is 0.0301 e. The van der Waals surface area contributed by atoms with E-state index in [9.17, 15) is 0 Å². The molecule has 0 saturated carbocycles. The lowest BCUT2D eigenvalue weighted by Gasteiger charge is -2.14. The van der Waals surface area contributed by atoms with Gasteiger partial charge in [0.15, 0.2) is 0 Å². The average molecular weight is 289 g/mol. The molecular weight excluding hydrogens is 252 g/mol. The van der Waals surface area contributed by atoms with Crippen LogP contribution in [0.4, 0.5) is 0 Å². The van der Waals surface area contributed by atoms with Gasteiger partial charge in [-0.1, -0.05) is 78.1 Å². The first kappa shape index (κ1) is 19.3. The van der Waals surface area contributed by atoms with Gasteiger partial charge in [0.25, 0.3) is 0 Å². The molecule has 2 nitrogen and oxygen atoms in total. The Morgan fingerprint density at radius 1 is 0.842 bits per heavy atom. The number of nitrogens with one attached hydrogen (secondary N) is 1. The monoisotopic (exact) mass is 288 g/mol. The summed E-state index contributed by atoms with van der Waals surface area (Å²) in [5, 5.41) is 0. The topological polar surface area (TPSA) is 38.0 Å². The Balaban J connectivity index is 3.16. The van der Waals surface area contributed by atoms with Crippen LogP contribution < -0.4 is 11.3 Å². The summed E-state index contributed by atoms with van der Waals surface area (Å²) in [7, 11) is 0. The first-order valence-electron chi connectivity index (χ1n) is 8.39. The number of unbranched alkanes of at least 4 members (excludes halogenated alkanes) is 9. The van der Waals surface area contributed by atoms with E-state index in [1.165, 1.54) is 76.4 Å². The molecule has 19 heavy (non-hydrogen) atoms. The van der Waals surface area contributed by atoms with Gasteiger partial charge in [-0.25, -0.2) is 0 Å². The number of hydrazine groups is 1. The van der Waals surface area contributed by atoms with Gasteiger partial charge in [0.05, 0.1) is 0 Å². The van der Waals surface area contributed by atoms with E-state index in [0.717, 1.165) is 5.75 Å². The Bertz CT molecular complexity index is 165. The van der Waals surface area contributed by atoms with Crippen LogP contribution in [-0.2, 0) is 0 Å². The van der Waals surface area contributed by atoms with E-state index in [1.54, 1.807) is 0 Å². The molecule has 0 amide bonds. The van der Waals surface area contributed by atoms with E-state index in [0.29, 0.717) is 6.04 Å². The Labute approximate surface area is 125 Å². The van der Waals surface area contributed by atoms with Crippen LogP contribution in [-0.4, -0.2) is 17.5 Å². The molecule has 0 aliphatic heterocycles. The molecule has 0 spiro atoms. The Kier molecular flexibility index (Phi) is 16.6. The third-order valence-corrected chi connectivity index (χ3v) is 4.71. The highest BCUT2D eigenvalue weighted by Crippen LogP contribution is 2.13. The zero-order valence-corrected chi connectivity index (χ0v) is 14.1. The summed E-state index contributed by atoms with van der Waals surface area (Å²) in [5.41, 5.74) is 2.95. The van der Waals surface area contributed by atoms with E-state index in [2.05, 4.69) is 19.3 Å². The van der Waals surface area contributed by atoms with Crippen LogP contribution in [0.3, 0.4) is 0 Å². The summed E-state index contributed by atoms with van der Waals surface area (Å²) in [4.78, 5) is 0. The minimum atomic E-state index is 0.513. The number of hydrogen-bond acceptors (Lipinski definition) is 3. The molecule has 1 unspecified atom stereocenters. The van der Waals surface area contributed by atoms with Crippen molar-refractivity contribution < 1.29 is 0 Å². The van der Waals surface area contributed by atoms with E-state index in [-0.39, 0.29) is 0 Å². The molecule has 0 aromatic heterocycles. The summed E-state index contributed by atoms with van der Waals surface area (Å²) >= 11 is 1.98. The maximum absolute atomic E-state index is 5.57. The second-order valence-electron chi connectivity index (χ2n) is 5.49.